The highest BCUT2D eigenvalue weighted by Crippen LogP contribution is 2.36. The molecule has 38 heavy (non-hydrogen) atoms. The number of rotatable bonds is 5. The number of nitrogens with zero attached hydrogens (tertiary/aromatic N) is 2. The monoisotopic (exact) mass is 556 g/mol. The zero-order valence-electron chi connectivity index (χ0n) is 19.9. The molecule has 2 saturated heterocycles. The van der Waals surface area contributed by atoms with Crippen LogP contribution in [0.15, 0.2) is 47.4 Å². The summed E-state index contributed by atoms with van der Waals surface area (Å²) in [6, 6.07) is 7.95. The van der Waals surface area contributed by atoms with Crippen molar-refractivity contribution in [3.05, 3.63) is 54.2 Å². The molecular formula is C23H26F6N2O7. The van der Waals surface area contributed by atoms with Gasteiger partial charge in [-0.15, -0.1) is 0 Å². The van der Waals surface area contributed by atoms with Crippen molar-refractivity contribution in [1.29, 1.82) is 0 Å². The third-order valence-corrected chi connectivity index (χ3v) is 5.46. The summed E-state index contributed by atoms with van der Waals surface area (Å²) in [5.41, 5.74) is 2.16. The second kappa shape index (κ2) is 13.6. The van der Waals surface area contributed by atoms with E-state index in [9.17, 15) is 26.3 Å². The molecule has 0 bridgehead atoms. The molecule has 0 saturated carbocycles. The van der Waals surface area contributed by atoms with Crippen molar-refractivity contribution in [2.24, 2.45) is 0 Å². The van der Waals surface area contributed by atoms with Gasteiger partial charge in [-0.1, -0.05) is 6.07 Å². The molecular weight excluding hydrogens is 530 g/mol. The first-order chi connectivity index (χ1) is 17.7. The van der Waals surface area contributed by atoms with Crippen LogP contribution >= 0.6 is 0 Å². The Labute approximate surface area is 213 Å². The van der Waals surface area contributed by atoms with Gasteiger partial charge in [0.25, 0.3) is 0 Å². The Morgan fingerprint density at radius 2 is 1.76 bits per heavy atom. The average molecular weight is 556 g/mol. The molecule has 0 radical (unpaired) electrons. The molecule has 212 valence electrons. The normalized spacial score (nSPS) is 21.7. The van der Waals surface area contributed by atoms with Crippen molar-refractivity contribution in [1.82, 2.24) is 9.88 Å². The minimum atomic E-state index is -5.08. The minimum absolute atomic E-state index is 0.0449. The molecule has 2 fully saturated rings. The van der Waals surface area contributed by atoms with Crippen molar-refractivity contribution in [2.45, 2.75) is 56.5 Å². The maximum absolute atomic E-state index is 10.6. The van der Waals surface area contributed by atoms with Crippen LogP contribution in [-0.2, 0) is 32.2 Å². The first kappa shape index (κ1) is 31.1. The predicted molar refractivity (Wildman–Crippen MR) is 117 cm³/mol. The predicted octanol–water partition coefficient (Wildman–Crippen LogP) is 4.28. The summed E-state index contributed by atoms with van der Waals surface area (Å²) in [6.45, 7) is 4.27. The van der Waals surface area contributed by atoms with Crippen LogP contribution in [0, 0.1) is 0 Å². The summed E-state index contributed by atoms with van der Waals surface area (Å²) < 4.78 is 80.9. The van der Waals surface area contributed by atoms with E-state index in [0.717, 1.165) is 38.2 Å². The van der Waals surface area contributed by atoms with E-state index in [0.29, 0.717) is 13.2 Å². The van der Waals surface area contributed by atoms with Gasteiger partial charge in [-0.2, -0.15) is 26.3 Å². The molecule has 2 aliphatic rings. The molecule has 2 aromatic rings. The van der Waals surface area contributed by atoms with Crippen molar-refractivity contribution >= 4 is 11.9 Å². The van der Waals surface area contributed by atoms with E-state index in [1.165, 1.54) is 12.0 Å². The molecule has 2 aromatic heterocycles. The summed E-state index contributed by atoms with van der Waals surface area (Å²) >= 11 is 0. The van der Waals surface area contributed by atoms with Crippen LogP contribution in [0.25, 0.3) is 0 Å². The van der Waals surface area contributed by atoms with Crippen LogP contribution < -0.4 is 0 Å². The fourth-order valence-electron chi connectivity index (χ4n) is 3.85. The Morgan fingerprint density at radius 1 is 1.11 bits per heavy atom. The maximum atomic E-state index is 10.6. The number of hydrogen-bond acceptors (Lipinski definition) is 7. The highest BCUT2D eigenvalue weighted by molar-refractivity contribution is 5.73. The zero-order valence-corrected chi connectivity index (χ0v) is 19.9. The van der Waals surface area contributed by atoms with Crippen LogP contribution in [0.3, 0.4) is 0 Å². The molecule has 0 amide bonds. The Bertz CT molecular complexity index is 978. The summed E-state index contributed by atoms with van der Waals surface area (Å²) in [6.07, 6.45) is -1.36. The molecule has 9 nitrogen and oxygen atoms in total. The number of hydrogen-bond donors (Lipinski definition) is 2. The SMILES string of the molecule is O=C(O)C(F)(F)F.O=C(O)C(F)(F)F.c1ccc(CO[C@H]2CO[C@@]3(CCCN(Cc4ccoc4)C3)C2)nc1. The van der Waals surface area contributed by atoms with E-state index in [-0.39, 0.29) is 11.7 Å². The van der Waals surface area contributed by atoms with Gasteiger partial charge in [0, 0.05) is 31.3 Å². The molecule has 1 spiro atoms. The molecule has 2 atom stereocenters. The van der Waals surface area contributed by atoms with Crippen LogP contribution in [0.5, 0.6) is 0 Å². The van der Waals surface area contributed by atoms with Crippen LogP contribution in [0.2, 0.25) is 0 Å². The number of aliphatic carboxylic acids is 2. The molecule has 15 heteroatoms. The van der Waals surface area contributed by atoms with E-state index in [4.69, 9.17) is 33.7 Å². The van der Waals surface area contributed by atoms with Crippen molar-refractivity contribution in [3.63, 3.8) is 0 Å². The molecule has 0 aromatic carbocycles. The molecule has 0 aliphatic carbocycles. The van der Waals surface area contributed by atoms with E-state index in [1.54, 1.807) is 12.5 Å². The number of furan rings is 1. The smallest absolute Gasteiger partial charge is 0.475 e. The lowest BCUT2D eigenvalue weighted by atomic mass is 9.89. The van der Waals surface area contributed by atoms with Gasteiger partial charge in [-0.25, -0.2) is 9.59 Å². The number of likely N-dealkylation sites (tertiary alicyclic amines) is 1. The molecule has 4 heterocycles. The fraction of sp³-hybridized carbons (Fsp3) is 0.522. The lowest BCUT2D eigenvalue weighted by molar-refractivity contribution is -0.193. The fourth-order valence-corrected chi connectivity index (χ4v) is 3.85. The number of ether oxygens (including phenoxy) is 2. The Hall–Kier alpha value is -3.17. The number of carboxylic acids is 2. The third kappa shape index (κ3) is 10.7. The van der Waals surface area contributed by atoms with E-state index >= 15 is 0 Å². The zero-order chi connectivity index (χ0) is 28.4. The summed E-state index contributed by atoms with van der Waals surface area (Å²) in [5, 5.41) is 14.2. The van der Waals surface area contributed by atoms with Gasteiger partial charge in [-0.05, 0) is 37.6 Å². The minimum Gasteiger partial charge on any atom is -0.475 e. The van der Waals surface area contributed by atoms with Gasteiger partial charge in [0.1, 0.15) is 0 Å². The highest BCUT2D eigenvalue weighted by Gasteiger charge is 2.44. The molecule has 2 N–H and O–H groups in total. The van der Waals surface area contributed by atoms with Crippen LogP contribution in [-0.4, -0.2) is 75.8 Å². The van der Waals surface area contributed by atoms with Crippen molar-refractivity contribution in [3.8, 4) is 0 Å². The molecule has 0 unspecified atom stereocenters. The Morgan fingerprint density at radius 3 is 2.29 bits per heavy atom. The van der Waals surface area contributed by atoms with E-state index in [2.05, 4.69) is 9.88 Å². The van der Waals surface area contributed by atoms with Gasteiger partial charge in [-0.3, -0.25) is 9.88 Å². The number of carbonyl (C=O) groups is 2. The number of alkyl halides is 6. The number of carboxylic acid groups (broad SMARTS) is 2. The standard InChI is InChI=1S/C19H24N2O3.2C2HF3O2/c1-2-7-20-17(4-1)13-23-18-10-19(24-14-18)6-3-8-21(15-19)11-16-5-9-22-12-16;2*3-2(4,5)1(6)7/h1-2,4-5,7,9,12,18H,3,6,8,10-11,13-15H2;2*(H,6,7)/t18-,19+;;/m1../s1. The summed E-state index contributed by atoms with van der Waals surface area (Å²) in [7, 11) is 0. The Balaban J connectivity index is 0.000000301. The topological polar surface area (TPSA) is 122 Å². The summed E-state index contributed by atoms with van der Waals surface area (Å²) in [4.78, 5) is 24.6. The van der Waals surface area contributed by atoms with Gasteiger partial charge in [0.2, 0.25) is 0 Å². The van der Waals surface area contributed by atoms with Crippen molar-refractivity contribution in [2.75, 3.05) is 19.7 Å². The van der Waals surface area contributed by atoms with E-state index < -0.39 is 24.3 Å². The number of pyridine rings is 1. The second-order valence-corrected chi connectivity index (χ2v) is 8.50. The number of aromatic nitrogens is 1. The van der Waals surface area contributed by atoms with Gasteiger partial charge >= 0.3 is 24.3 Å². The maximum Gasteiger partial charge on any atom is 0.490 e. The second-order valence-electron chi connectivity index (χ2n) is 8.50. The van der Waals surface area contributed by atoms with Crippen LogP contribution in [0.4, 0.5) is 26.3 Å². The van der Waals surface area contributed by atoms with Gasteiger partial charge in [0.05, 0.1) is 43.1 Å². The van der Waals surface area contributed by atoms with Crippen molar-refractivity contribution < 1.29 is 60.0 Å². The largest absolute Gasteiger partial charge is 0.490 e. The summed E-state index contributed by atoms with van der Waals surface area (Å²) in [5.74, 6) is -5.51. The van der Waals surface area contributed by atoms with Crippen LogP contribution in [0.1, 0.15) is 30.5 Å². The molecule has 4 rings (SSSR count). The average Bonchev–Trinajstić information content (AvgIpc) is 3.48. The molecule has 2 aliphatic heterocycles. The Kier molecular flexibility index (Phi) is 11.1. The highest BCUT2D eigenvalue weighted by atomic mass is 19.4. The number of piperidine rings is 1. The van der Waals surface area contributed by atoms with E-state index in [1.807, 2.05) is 30.5 Å². The van der Waals surface area contributed by atoms with Gasteiger partial charge in [0.15, 0.2) is 0 Å². The third-order valence-electron chi connectivity index (χ3n) is 5.46. The first-order valence-electron chi connectivity index (χ1n) is 11.2. The lowest BCUT2D eigenvalue weighted by Crippen LogP contribution is -2.47. The lowest BCUT2D eigenvalue weighted by Gasteiger charge is -2.39. The quantitative estimate of drug-likeness (QED) is 0.520. The first-order valence-corrected chi connectivity index (χ1v) is 11.2. The number of halogens is 6. The van der Waals surface area contributed by atoms with Gasteiger partial charge < -0.3 is 24.1 Å².